The van der Waals surface area contributed by atoms with Gasteiger partial charge in [-0.3, -0.25) is 9.69 Å². The highest BCUT2D eigenvalue weighted by molar-refractivity contribution is 5.77. The van der Waals surface area contributed by atoms with Gasteiger partial charge in [0.25, 0.3) is 0 Å². The molecule has 0 unspecified atom stereocenters. The van der Waals surface area contributed by atoms with Gasteiger partial charge in [-0.15, -0.1) is 0 Å². The van der Waals surface area contributed by atoms with Crippen molar-refractivity contribution in [2.24, 2.45) is 0 Å². The lowest BCUT2D eigenvalue weighted by Crippen LogP contribution is -2.52. The average molecular weight is 603 g/mol. The molecule has 0 aliphatic carbocycles. The monoisotopic (exact) mass is 602 g/mol. The van der Waals surface area contributed by atoms with Crippen molar-refractivity contribution < 1.29 is 37.6 Å². The highest BCUT2D eigenvalue weighted by Gasteiger charge is 2.37. The van der Waals surface area contributed by atoms with Crippen LogP contribution in [0.15, 0.2) is 48.8 Å². The molecule has 0 spiro atoms. The molecule has 0 radical (unpaired) electrons. The van der Waals surface area contributed by atoms with Crippen LogP contribution in [0.2, 0.25) is 0 Å². The minimum absolute atomic E-state index is 0.00963. The SMILES string of the molecule is CCc1nccn1CCCOc1ccc(CN2CCN(C(=O)COC)C[C@@](O)(COc3ccc(F)c(F)c3)C2)cc1OC. The minimum atomic E-state index is -1.50. The van der Waals surface area contributed by atoms with Crippen LogP contribution < -0.4 is 14.2 Å². The fourth-order valence-electron chi connectivity index (χ4n) is 5.14. The predicted molar refractivity (Wildman–Crippen MR) is 155 cm³/mol. The maximum atomic E-state index is 13.7. The number of carbonyl (C=O) groups excluding carboxylic acids is 1. The van der Waals surface area contributed by atoms with Gasteiger partial charge in [-0.25, -0.2) is 13.8 Å². The van der Waals surface area contributed by atoms with Gasteiger partial charge in [0, 0.05) is 64.7 Å². The second kappa shape index (κ2) is 15.1. The zero-order chi connectivity index (χ0) is 30.8. The summed E-state index contributed by atoms with van der Waals surface area (Å²) < 4.78 is 51.5. The third kappa shape index (κ3) is 8.88. The molecule has 1 aromatic heterocycles. The first-order chi connectivity index (χ1) is 20.7. The summed E-state index contributed by atoms with van der Waals surface area (Å²) in [5.74, 6) is 0.0505. The number of aromatic nitrogens is 2. The third-order valence-corrected chi connectivity index (χ3v) is 7.26. The molecular formula is C31H40F2N4O6. The third-order valence-electron chi connectivity index (χ3n) is 7.26. The van der Waals surface area contributed by atoms with Crippen molar-refractivity contribution in [3.05, 3.63) is 71.8 Å². The van der Waals surface area contributed by atoms with Crippen molar-refractivity contribution in [2.75, 3.05) is 60.2 Å². The first kappa shape index (κ1) is 32.2. The Labute approximate surface area is 250 Å². The van der Waals surface area contributed by atoms with Crippen LogP contribution in [0.4, 0.5) is 8.78 Å². The summed E-state index contributed by atoms with van der Waals surface area (Å²) in [6.45, 7) is 4.51. The lowest BCUT2D eigenvalue weighted by Gasteiger charge is -2.33. The molecule has 10 nitrogen and oxygen atoms in total. The Morgan fingerprint density at radius 3 is 2.63 bits per heavy atom. The van der Waals surface area contributed by atoms with Crippen LogP contribution >= 0.6 is 0 Å². The molecule has 1 amide bonds. The zero-order valence-electron chi connectivity index (χ0n) is 24.9. The van der Waals surface area contributed by atoms with Gasteiger partial charge in [-0.2, -0.15) is 0 Å². The van der Waals surface area contributed by atoms with Crippen molar-refractivity contribution in [1.82, 2.24) is 19.4 Å². The number of ether oxygens (including phenoxy) is 4. The highest BCUT2D eigenvalue weighted by Crippen LogP contribution is 2.29. The van der Waals surface area contributed by atoms with Crippen molar-refractivity contribution in [3.8, 4) is 17.2 Å². The molecule has 43 heavy (non-hydrogen) atoms. The number of aryl methyl sites for hydroxylation is 2. The van der Waals surface area contributed by atoms with Gasteiger partial charge in [0.05, 0.1) is 20.3 Å². The normalized spacial score (nSPS) is 17.5. The number of carbonyl (C=O) groups is 1. The minimum Gasteiger partial charge on any atom is -0.493 e. The molecular weight excluding hydrogens is 562 g/mol. The van der Waals surface area contributed by atoms with Crippen LogP contribution in [0.3, 0.4) is 0 Å². The standard InChI is InChI=1S/C31H40F2N4O6/c1-4-29-34-10-12-36(29)11-5-15-42-27-9-6-23(16-28(27)41-3)18-35-13-14-37(30(38)19-40-2)21-31(39,20-35)22-43-24-7-8-25(32)26(33)17-24/h6-10,12,16-17,39H,4-5,11,13-15,18-22H2,1-3H3/t31-/m1/s1. The maximum Gasteiger partial charge on any atom is 0.248 e. The number of amides is 1. The van der Waals surface area contributed by atoms with Gasteiger partial charge in [0.15, 0.2) is 23.1 Å². The second-order valence-corrected chi connectivity index (χ2v) is 10.6. The zero-order valence-corrected chi connectivity index (χ0v) is 24.9. The second-order valence-electron chi connectivity index (χ2n) is 10.6. The Kier molecular flexibility index (Phi) is 11.3. The Balaban J connectivity index is 1.41. The smallest absolute Gasteiger partial charge is 0.248 e. The summed E-state index contributed by atoms with van der Waals surface area (Å²) >= 11 is 0. The lowest BCUT2D eigenvalue weighted by molar-refractivity contribution is -0.138. The first-order valence-electron chi connectivity index (χ1n) is 14.3. The van der Waals surface area contributed by atoms with E-state index in [-0.39, 0.29) is 38.0 Å². The Bertz CT molecular complexity index is 1360. The predicted octanol–water partition coefficient (Wildman–Crippen LogP) is 3.30. The molecule has 3 aromatic rings. The van der Waals surface area contributed by atoms with E-state index in [1.165, 1.54) is 18.1 Å². The molecule has 2 heterocycles. The average Bonchev–Trinajstić information content (AvgIpc) is 3.38. The molecule has 2 aromatic carbocycles. The first-order valence-corrected chi connectivity index (χ1v) is 14.3. The summed E-state index contributed by atoms with van der Waals surface area (Å²) in [5, 5.41) is 11.6. The summed E-state index contributed by atoms with van der Waals surface area (Å²) in [4.78, 5) is 20.6. The fourth-order valence-corrected chi connectivity index (χ4v) is 5.14. The maximum absolute atomic E-state index is 13.7. The van der Waals surface area contributed by atoms with E-state index in [2.05, 4.69) is 16.5 Å². The number of methoxy groups -OCH3 is 2. The molecule has 0 saturated carbocycles. The topological polar surface area (TPSA) is 98.5 Å². The van der Waals surface area contributed by atoms with Crippen LogP contribution in [0, 0.1) is 11.6 Å². The molecule has 12 heteroatoms. The quantitative estimate of drug-likeness (QED) is 0.281. The van der Waals surface area contributed by atoms with E-state index in [1.54, 1.807) is 13.3 Å². The van der Waals surface area contributed by atoms with Crippen LogP contribution in [0.25, 0.3) is 0 Å². The van der Waals surface area contributed by atoms with Crippen molar-refractivity contribution in [2.45, 2.75) is 38.5 Å². The highest BCUT2D eigenvalue weighted by atomic mass is 19.2. The van der Waals surface area contributed by atoms with Gasteiger partial charge >= 0.3 is 0 Å². The number of rotatable bonds is 14. The van der Waals surface area contributed by atoms with E-state index >= 15 is 0 Å². The molecule has 0 bridgehead atoms. The van der Waals surface area contributed by atoms with Crippen LogP contribution in [-0.4, -0.2) is 96.2 Å². The summed E-state index contributed by atoms with van der Waals surface area (Å²) in [7, 11) is 3.02. The number of aliphatic hydroxyl groups is 1. The Morgan fingerprint density at radius 1 is 1.05 bits per heavy atom. The number of benzene rings is 2. The van der Waals surface area contributed by atoms with Crippen LogP contribution in [0.5, 0.6) is 17.2 Å². The number of nitrogens with zero attached hydrogens (tertiary/aromatic N) is 4. The Morgan fingerprint density at radius 2 is 1.88 bits per heavy atom. The summed E-state index contributed by atoms with van der Waals surface area (Å²) in [6, 6.07) is 8.89. The molecule has 1 saturated heterocycles. The molecule has 234 valence electrons. The molecule has 1 aliphatic rings. The van der Waals surface area contributed by atoms with Gasteiger partial charge in [0.1, 0.15) is 30.4 Å². The molecule has 1 aliphatic heterocycles. The number of β-amino-alcohol motifs (C(OH)–C–C–N with tert-alkyl or cyclic N) is 1. The van der Waals surface area contributed by atoms with E-state index < -0.39 is 17.2 Å². The van der Waals surface area contributed by atoms with Crippen molar-refractivity contribution in [1.29, 1.82) is 0 Å². The van der Waals surface area contributed by atoms with Gasteiger partial charge in [0.2, 0.25) is 5.91 Å². The van der Waals surface area contributed by atoms with E-state index in [0.717, 1.165) is 42.9 Å². The fraction of sp³-hybridized carbons (Fsp3) is 0.484. The van der Waals surface area contributed by atoms with E-state index in [9.17, 15) is 18.7 Å². The van der Waals surface area contributed by atoms with E-state index in [0.29, 0.717) is 37.7 Å². The number of imidazole rings is 1. The number of hydrogen-bond donors (Lipinski definition) is 1. The molecule has 1 N–H and O–H groups in total. The molecule has 1 fully saturated rings. The lowest BCUT2D eigenvalue weighted by atomic mass is 10.0. The van der Waals surface area contributed by atoms with E-state index in [1.807, 2.05) is 29.3 Å². The van der Waals surface area contributed by atoms with E-state index in [4.69, 9.17) is 18.9 Å². The summed E-state index contributed by atoms with van der Waals surface area (Å²) in [5.41, 5.74) is -0.569. The van der Waals surface area contributed by atoms with Crippen LogP contribution in [0.1, 0.15) is 24.7 Å². The Hall–Kier alpha value is -3.74. The van der Waals surface area contributed by atoms with Gasteiger partial charge in [-0.05, 0) is 36.2 Å². The number of hydrogen-bond acceptors (Lipinski definition) is 8. The van der Waals surface area contributed by atoms with Gasteiger partial charge < -0.3 is 33.5 Å². The molecule has 4 rings (SSSR count). The largest absolute Gasteiger partial charge is 0.493 e. The molecule has 1 atom stereocenters. The summed E-state index contributed by atoms with van der Waals surface area (Å²) in [6.07, 6.45) is 5.46. The number of halogens is 2. The van der Waals surface area contributed by atoms with Crippen molar-refractivity contribution in [3.63, 3.8) is 0 Å². The van der Waals surface area contributed by atoms with Crippen LogP contribution in [-0.2, 0) is 29.0 Å². The van der Waals surface area contributed by atoms with Crippen molar-refractivity contribution >= 4 is 5.91 Å². The van der Waals surface area contributed by atoms with Gasteiger partial charge in [-0.1, -0.05) is 13.0 Å².